The van der Waals surface area contributed by atoms with Crippen LogP contribution in [0, 0.1) is 10.1 Å². The van der Waals surface area contributed by atoms with Gasteiger partial charge in [0, 0.05) is 23.7 Å². The lowest BCUT2D eigenvalue weighted by atomic mass is 10.0. The van der Waals surface area contributed by atoms with Crippen molar-refractivity contribution in [1.29, 1.82) is 0 Å². The number of methoxy groups -OCH3 is 1. The van der Waals surface area contributed by atoms with Gasteiger partial charge < -0.3 is 10.1 Å². The predicted octanol–water partition coefficient (Wildman–Crippen LogP) is 3.86. The molecule has 0 aromatic heterocycles. The SMILES string of the molecule is CCCN1C(=O)C(Nc2cc(Cl)ccc2OC)=C(c2ccc([N+](=O)[O-])cc2)C1=O. The first kappa shape index (κ1) is 20.3. The molecule has 2 aromatic rings. The summed E-state index contributed by atoms with van der Waals surface area (Å²) < 4.78 is 5.30. The Morgan fingerprint density at radius 2 is 1.83 bits per heavy atom. The van der Waals surface area contributed by atoms with Crippen LogP contribution < -0.4 is 10.1 Å². The molecule has 0 aliphatic carbocycles. The summed E-state index contributed by atoms with van der Waals surface area (Å²) >= 11 is 6.07. The highest BCUT2D eigenvalue weighted by molar-refractivity contribution is 6.36. The number of amides is 2. The largest absolute Gasteiger partial charge is 0.495 e. The number of carbonyl (C=O) groups excluding carboxylic acids is 2. The van der Waals surface area contributed by atoms with Crippen molar-refractivity contribution < 1.29 is 19.2 Å². The van der Waals surface area contributed by atoms with E-state index in [-0.39, 0.29) is 23.5 Å². The summed E-state index contributed by atoms with van der Waals surface area (Å²) in [4.78, 5) is 37.5. The summed E-state index contributed by atoms with van der Waals surface area (Å²) in [6, 6.07) is 10.3. The molecule has 29 heavy (non-hydrogen) atoms. The van der Waals surface area contributed by atoms with Gasteiger partial charge in [0.25, 0.3) is 17.5 Å². The topological polar surface area (TPSA) is 102 Å². The highest BCUT2D eigenvalue weighted by Gasteiger charge is 2.39. The lowest BCUT2D eigenvalue weighted by molar-refractivity contribution is -0.384. The van der Waals surface area contributed by atoms with Crippen LogP contribution in [0.3, 0.4) is 0 Å². The molecule has 0 fully saturated rings. The first-order valence-corrected chi connectivity index (χ1v) is 9.21. The van der Waals surface area contributed by atoms with Gasteiger partial charge in [0.15, 0.2) is 0 Å². The van der Waals surface area contributed by atoms with Crippen molar-refractivity contribution >= 4 is 40.4 Å². The molecule has 2 aromatic carbocycles. The number of hydrogen-bond donors (Lipinski definition) is 1. The third kappa shape index (κ3) is 3.93. The maximum Gasteiger partial charge on any atom is 0.278 e. The molecule has 0 saturated heterocycles. The van der Waals surface area contributed by atoms with E-state index in [2.05, 4.69) is 5.32 Å². The summed E-state index contributed by atoms with van der Waals surface area (Å²) in [5, 5.41) is 14.3. The minimum atomic E-state index is -0.529. The van der Waals surface area contributed by atoms with Crippen molar-refractivity contribution in [2.45, 2.75) is 13.3 Å². The number of anilines is 1. The van der Waals surface area contributed by atoms with Gasteiger partial charge in [0.1, 0.15) is 11.4 Å². The van der Waals surface area contributed by atoms with Crippen LogP contribution in [-0.4, -0.2) is 35.3 Å². The number of nitrogens with zero attached hydrogens (tertiary/aromatic N) is 2. The van der Waals surface area contributed by atoms with E-state index < -0.39 is 16.7 Å². The number of nitrogens with one attached hydrogen (secondary N) is 1. The molecule has 0 saturated carbocycles. The molecule has 3 rings (SSSR count). The quantitative estimate of drug-likeness (QED) is 0.418. The molecule has 9 heteroatoms. The van der Waals surface area contributed by atoms with Crippen LogP contribution in [0.5, 0.6) is 5.75 Å². The fourth-order valence-corrected chi connectivity index (χ4v) is 3.22. The van der Waals surface area contributed by atoms with Crippen molar-refractivity contribution in [1.82, 2.24) is 4.90 Å². The number of halogens is 1. The first-order chi connectivity index (χ1) is 13.9. The number of benzene rings is 2. The van der Waals surface area contributed by atoms with Crippen LogP contribution >= 0.6 is 11.6 Å². The van der Waals surface area contributed by atoms with Gasteiger partial charge in [-0.25, -0.2) is 0 Å². The van der Waals surface area contributed by atoms with Crippen molar-refractivity contribution in [3.63, 3.8) is 0 Å². The minimum absolute atomic E-state index is 0.0675. The third-order valence-electron chi connectivity index (χ3n) is 4.40. The van der Waals surface area contributed by atoms with Crippen LogP contribution in [-0.2, 0) is 9.59 Å². The van der Waals surface area contributed by atoms with Gasteiger partial charge >= 0.3 is 0 Å². The van der Waals surface area contributed by atoms with Gasteiger partial charge in [0.05, 0.1) is 23.3 Å². The Morgan fingerprint density at radius 3 is 2.41 bits per heavy atom. The van der Waals surface area contributed by atoms with E-state index >= 15 is 0 Å². The number of imide groups is 1. The third-order valence-corrected chi connectivity index (χ3v) is 4.64. The second-order valence-corrected chi connectivity index (χ2v) is 6.72. The van der Waals surface area contributed by atoms with Gasteiger partial charge in [-0.1, -0.05) is 18.5 Å². The van der Waals surface area contributed by atoms with Crippen LogP contribution in [0.25, 0.3) is 5.57 Å². The van der Waals surface area contributed by atoms with E-state index in [1.165, 1.54) is 31.4 Å². The molecule has 1 aliphatic heterocycles. The Morgan fingerprint density at radius 1 is 1.14 bits per heavy atom. The Labute approximate surface area is 171 Å². The average molecular weight is 416 g/mol. The Kier molecular flexibility index (Phi) is 5.84. The lowest BCUT2D eigenvalue weighted by Gasteiger charge is -2.15. The van der Waals surface area contributed by atoms with E-state index in [0.717, 1.165) is 4.90 Å². The molecule has 150 valence electrons. The molecule has 0 atom stereocenters. The molecule has 0 unspecified atom stereocenters. The summed E-state index contributed by atoms with van der Waals surface area (Å²) in [7, 11) is 1.48. The number of rotatable bonds is 7. The normalized spacial score (nSPS) is 13.8. The molecular weight excluding hydrogens is 398 g/mol. The number of nitro groups is 1. The summed E-state index contributed by atoms with van der Waals surface area (Å²) in [6.45, 7) is 2.11. The zero-order valence-electron chi connectivity index (χ0n) is 15.8. The average Bonchev–Trinajstić information content (AvgIpc) is 2.93. The Balaban J connectivity index is 2.11. The number of hydrogen-bond acceptors (Lipinski definition) is 6. The highest BCUT2D eigenvalue weighted by Crippen LogP contribution is 2.35. The minimum Gasteiger partial charge on any atom is -0.495 e. The molecule has 1 N–H and O–H groups in total. The van der Waals surface area contributed by atoms with Crippen LogP contribution in [0.2, 0.25) is 5.02 Å². The number of carbonyl (C=O) groups is 2. The van der Waals surface area contributed by atoms with E-state index in [1.54, 1.807) is 18.2 Å². The molecule has 2 amide bonds. The molecule has 8 nitrogen and oxygen atoms in total. The monoisotopic (exact) mass is 415 g/mol. The Hall–Kier alpha value is -3.39. The number of nitro benzene ring substituents is 1. The molecule has 0 spiro atoms. The van der Waals surface area contributed by atoms with E-state index in [1.807, 2.05) is 6.92 Å². The highest BCUT2D eigenvalue weighted by atomic mass is 35.5. The fourth-order valence-electron chi connectivity index (χ4n) is 3.05. The first-order valence-electron chi connectivity index (χ1n) is 8.83. The molecule has 1 heterocycles. The van der Waals surface area contributed by atoms with Crippen molar-refractivity contribution in [3.8, 4) is 5.75 Å². The zero-order valence-corrected chi connectivity index (χ0v) is 16.5. The lowest BCUT2D eigenvalue weighted by Crippen LogP contribution is -2.33. The maximum absolute atomic E-state index is 13.0. The van der Waals surface area contributed by atoms with Gasteiger partial charge in [-0.3, -0.25) is 24.6 Å². The second kappa shape index (κ2) is 8.32. The van der Waals surface area contributed by atoms with Crippen molar-refractivity contribution in [2.24, 2.45) is 0 Å². The van der Waals surface area contributed by atoms with Crippen molar-refractivity contribution in [2.75, 3.05) is 19.0 Å². The van der Waals surface area contributed by atoms with E-state index in [0.29, 0.717) is 28.4 Å². The summed E-state index contributed by atoms with van der Waals surface area (Å²) in [5.74, 6) is -0.499. The summed E-state index contributed by atoms with van der Waals surface area (Å²) in [6.07, 6.45) is 0.596. The van der Waals surface area contributed by atoms with E-state index in [4.69, 9.17) is 16.3 Å². The second-order valence-electron chi connectivity index (χ2n) is 6.29. The van der Waals surface area contributed by atoms with Gasteiger partial charge in [-0.05, 0) is 42.3 Å². The van der Waals surface area contributed by atoms with Crippen LogP contribution in [0.15, 0.2) is 48.2 Å². The van der Waals surface area contributed by atoms with E-state index in [9.17, 15) is 19.7 Å². The van der Waals surface area contributed by atoms with Gasteiger partial charge in [0.2, 0.25) is 0 Å². The van der Waals surface area contributed by atoms with Crippen molar-refractivity contribution in [3.05, 3.63) is 68.9 Å². The Bertz CT molecular complexity index is 1020. The summed E-state index contributed by atoms with van der Waals surface area (Å²) in [5.41, 5.74) is 0.922. The number of ether oxygens (including phenoxy) is 1. The predicted molar refractivity (Wildman–Crippen MR) is 109 cm³/mol. The molecule has 0 bridgehead atoms. The number of non-ortho nitro benzene ring substituents is 1. The zero-order chi connectivity index (χ0) is 21.1. The molecule has 1 aliphatic rings. The standard InChI is InChI=1S/C20H18ClN3O5/c1-3-10-23-19(25)17(12-4-7-14(8-5-12)24(27)28)18(20(23)26)22-15-11-13(21)6-9-16(15)29-2/h4-9,11,22H,3,10H2,1-2H3. The van der Waals surface area contributed by atoms with Crippen LogP contribution in [0.1, 0.15) is 18.9 Å². The van der Waals surface area contributed by atoms with Gasteiger partial charge in [-0.2, -0.15) is 0 Å². The molecule has 0 radical (unpaired) electrons. The fraction of sp³-hybridized carbons (Fsp3) is 0.200. The maximum atomic E-state index is 13.0. The molecular formula is C20H18ClN3O5. The smallest absolute Gasteiger partial charge is 0.278 e. The van der Waals surface area contributed by atoms with Gasteiger partial charge in [-0.15, -0.1) is 0 Å². The van der Waals surface area contributed by atoms with Crippen LogP contribution in [0.4, 0.5) is 11.4 Å².